The number of aromatic nitrogens is 1. The summed E-state index contributed by atoms with van der Waals surface area (Å²) in [6.07, 6.45) is -1.47. The summed E-state index contributed by atoms with van der Waals surface area (Å²) in [4.78, 5) is 40.6. The van der Waals surface area contributed by atoms with E-state index in [4.69, 9.17) is 4.42 Å². The van der Waals surface area contributed by atoms with Crippen LogP contribution < -0.4 is 10.6 Å². The highest BCUT2D eigenvalue weighted by Gasteiger charge is 2.68. The largest absolute Gasteiger partial charge is 0.459 e. The number of nitrogens with zero attached hydrogens (tertiary/aromatic N) is 2. The topological polar surface area (TPSA) is 105 Å². The molecule has 8 nitrogen and oxygen atoms in total. The third-order valence-electron chi connectivity index (χ3n) is 3.64. The number of carbonyl (C=O) groups is 3. The van der Waals surface area contributed by atoms with Gasteiger partial charge in [0.15, 0.2) is 5.76 Å². The maximum Gasteiger partial charge on any atom is 0.440 e. The number of halogens is 3. The summed E-state index contributed by atoms with van der Waals surface area (Å²) in [6.45, 7) is -0.438. The molecule has 1 fully saturated rings. The summed E-state index contributed by atoms with van der Waals surface area (Å²) in [5.41, 5.74) is -3.25. The summed E-state index contributed by atoms with van der Waals surface area (Å²) in [6, 6.07) is 4.11. The second-order valence-corrected chi connectivity index (χ2v) is 5.36. The zero-order valence-corrected chi connectivity index (χ0v) is 12.9. The molecule has 1 aliphatic rings. The molecule has 136 valence electrons. The molecular weight excluding hydrogens is 357 g/mol. The first-order chi connectivity index (χ1) is 12.2. The number of hydrogen-bond acceptors (Lipinski definition) is 5. The Hall–Kier alpha value is -3.37. The van der Waals surface area contributed by atoms with E-state index in [2.05, 4.69) is 4.98 Å². The fourth-order valence-electron chi connectivity index (χ4n) is 2.38. The minimum absolute atomic E-state index is 0.339. The maximum atomic E-state index is 13.6. The number of imide groups is 1. The van der Waals surface area contributed by atoms with Crippen LogP contribution in [-0.4, -0.2) is 39.6 Å². The fraction of sp³-hybridized carbons (Fsp3) is 0.200. The highest BCUT2D eigenvalue weighted by molar-refractivity contribution is 6.09. The maximum absolute atomic E-state index is 13.6. The monoisotopic (exact) mass is 368 g/mol. The van der Waals surface area contributed by atoms with Gasteiger partial charge in [0, 0.05) is 12.4 Å². The third-order valence-corrected chi connectivity index (χ3v) is 3.64. The average Bonchev–Trinajstić information content (AvgIpc) is 3.19. The predicted molar refractivity (Wildman–Crippen MR) is 78.3 cm³/mol. The summed E-state index contributed by atoms with van der Waals surface area (Å²) < 4.78 is 45.6. The Kier molecular flexibility index (Phi) is 4.14. The van der Waals surface area contributed by atoms with Crippen LogP contribution in [0.5, 0.6) is 0 Å². The summed E-state index contributed by atoms with van der Waals surface area (Å²) >= 11 is 0. The molecule has 4 amide bonds. The van der Waals surface area contributed by atoms with Crippen LogP contribution >= 0.6 is 0 Å². The molecule has 2 N–H and O–H groups in total. The van der Waals surface area contributed by atoms with Crippen molar-refractivity contribution in [2.24, 2.45) is 0 Å². The number of hydrogen-bond donors (Lipinski definition) is 2. The Labute approximate surface area is 144 Å². The molecule has 0 radical (unpaired) electrons. The van der Waals surface area contributed by atoms with Crippen molar-refractivity contribution in [3.8, 4) is 0 Å². The first-order valence-corrected chi connectivity index (χ1v) is 7.20. The lowest BCUT2D eigenvalue weighted by molar-refractivity contribution is -0.200. The molecule has 0 aromatic carbocycles. The van der Waals surface area contributed by atoms with Crippen molar-refractivity contribution in [2.75, 3.05) is 0 Å². The second-order valence-electron chi connectivity index (χ2n) is 5.36. The van der Waals surface area contributed by atoms with Gasteiger partial charge in [-0.15, -0.1) is 0 Å². The molecule has 0 spiro atoms. The fourth-order valence-corrected chi connectivity index (χ4v) is 2.38. The van der Waals surface area contributed by atoms with Gasteiger partial charge in [-0.2, -0.15) is 13.2 Å². The first kappa shape index (κ1) is 17.5. The van der Waals surface area contributed by atoms with Crippen molar-refractivity contribution < 1.29 is 32.0 Å². The van der Waals surface area contributed by atoms with Crippen LogP contribution in [-0.2, 0) is 11.3 Å². The number of urea groups is 1. The molecule has 2 aromatic heterocycles. The zero-order chi connectivity index (χ0) is 18.9. The van der Waals surface area contributed by atoms with Gasteiger partial charge in [0.2, 0.25) is 0 Å². The molecule has 3 heterocycles. The van der Waals surface area contributed by atoms with E-state index in [0.717, 1.165) is 12.3 Å². The quantitative estimate of drug-likeness (QED) is 0.794. The number of carbonyl (C=O) groups excluding carboxylic acids is 3. The van der Waals surface area contributed by atoms with Crippen molar-refractivity contribution in [1.29, 1.82) is 0 Å². The van der Waals surface area contributed by atoms with E-state index < -0.39 is 42.0 Å². The van der Waals surface area contributed by atoms with Crippen LogP contribution in [0.25, 0.3) is 0 Å². The molecule has 1 atom stereocenters. The van der Waals surface area contributed by atoms with Crippen molar-refractivity contribution in [3.63, 3.8) is 0 Å². The minimum Gasteiger partial charge on any atom is -0.459 e. The number of rotatable bonds is 4. The molecule has 0 aliphatic carbocycles. The molecule has 1 aliphatic heterocycles. The predicted octanol–water partition coefficient (Wildman–Crippen LogP) is 1.42. The minimum atomic E-state index is -5.29. The summed E-state index contributed by atoms with van der Waals surface area (Å²) in [5.74, 6) is -3.40. The first-order valence-electron chi connectivity index (χ1n) is 7.20. The standard InChI is InChI=1S/C15H11F3N4O4/c16-15(17,18)14(20-11(23)10-4-2-6-26-10)12(24)22(13(25)21-14)8-9-3-1-5-19-7-9/h1-7H,8H2,(H,20,23)(H,21,25)/t14-/m0/s1. The van der Waals surface area contributed by atoms with Crippen molar-refractivity contribution in [3.05, 3.63) is 54.2 Å². The van der Waals surface area contributed by atoms with E-state index in [1.165, 1.54) is 41.2 Å². The molecule has 2 aromatic rings. The third kappa shape index (κ3) is 2.87. The zero-order valence-electron chi connectivity index (χ0n) is 12.9. The average molecular weight is 368 g/mol. The van der Waals surface area contributed by atoms with Crippen LogP contribution in [0.1, 0.15) is 16.1 Å². The van der Waals surface area contributed by atoms with E-state index in [-0.39, 0.29) is 0 Å². The number of amides is 4. The van der Waals surface area contributed by atoms with E-state index in [0.29, 0.717) is 10.5 Å². The van der Waals surface area contributed by atoms with Crippen molar-refractivity contribution in [2.45, 2.75) is 18.4 Å². The van der Waals surface area contributed by atoms with Crippen LogP contribution in [0.2, 0.25) is 0 Å². The lowest BCUT2D eigenvalue weighted by Crippen LogP contribution is -2.69. The molecule has 0 saturated carbocycles. The lowest BCUT2D eigenvalue weighted by Gasteiger charge is -2.29. The van der Waals surface area contributed by atoms with Gasteiger partial charge in [-0.3, -0.25) is 24.8 Å². The molecule has 26 heavy (non-hydrogen) atoms. The van der Waals surface area contributed by atoms with Gasteiger partial charge in [0.25, 0.3) is 17.5 Å². The molecular formula is C15H11F3N4O4. The van der Waals surface area contributed by atoms with Crippen molar-refractivity contribution in [1.82, 2.24) is 20.5 Å². The lowest BCUT2D eigenvalue weighted by atomic mass is 10.1. The van der Waals surface area contributed by atoms with Gasteiger partial charge in [-0.25, -0.2) is 4.79 Å². The number of furan rings is 1. The Morgan fingerprint density at radius 2 is 2.08 bits per heavy atom. The highest BCUT2D eigenvalue weighted by Crippen LogP contribution is 2.34. The van der Waals surface area contributed by atoms with E-state index in [9.17, 15) is 27.6 Å². The van der Waals surface area contributed by atoms with Crippen LogP contribution in [0.15, 0.2) is 47.3 Å². The van der Waals surface area contributed by atoms with Gasteiger partial charge < -0.3 is 9.73 Å². The summed E-state index contributed by atoms with van der Waals surface area (Å²) in [7, 11) is 0. The number of alkyl halides is 3. The van der Waals surface area contributed by atoms with Gasteiger partial charge in [0.05, 0.1) is 12.8 Å². The second kappa shape index (κ2) is 6.17. The highest BCUT2D eigenvalue weighted by atomic mass is 19.4. The molecule has 0 unspecified atom stereocenters. The molecule has 3 rings (SSSR count). The van der Waals surface area contributed by atoms with Gasteiger partial charge >= 0.3 is 12.2 Å². The molecule has 11 heteroatoms. The smallest absolute Gasteiger partial charge is 0.440 e. The molecule has 1 saturated heterocycles. The summed E-state index contributed by atoms with van der Waals surface area (Å²) in [5, 5.41) is 3.07. The van der Waals surface area contributed by atoms with Crippen LogP contribution in [0.4, 0.5) is 18.0 Å². The van der Waals surface area contributed by atoms with E-state index in [1.54, 1.807) is 0 Å². The van der Waals surface area contributed by atoms with Crippen LogP contribution in [0.3, 0.4) is 0 Å². The number of nitrogens with one attached hydrogen (secondary N) is 2. The SMILES string of the molecule is O=C(N[C@]1(C(F)(F)F)NC(=O)N(Cc2cccnc2)C1=O)c1ccco1. The van der Waals surface area contributed by atoms with E-state index >= 15 is 0 Å². The number of pyridine rings is 1. The van der Waals surface area contributed by atoms with Gasteiger partial charge in [-0.1, -0.05) is 6.07 Å². The van der Waals surface area contributed by atoms with Crippen LogP contribution in [0, 0.1) is 0 Å². The van der Waals surface area contributed by atoms with Gasteiger partial charge in [-0.05, 0) is 23.8 Å². The Bertz CT molecular complexity index is 838. The van der Waals surface area contributed by atoms with Crippen molar-refractivity contribution >= 4 is 17.8 Å². The normalized spacial score (nSPS) is 20.2. The van der Waals surface area contributed by atoms with Gasteiger partial charge in [0.1, 0.15) is 0 Å². The Morgan fingerprint density at radius 1 is 1.31 bits per heavy atom. The molecule has 0 bridgehead atoms. The Balaban J connectivity index is 1.91. The van der Waals surface area contributed by atoms with E-state index in [1.807, 2.05) is 0 Å². The Morgan fingerprint density at radius 3 is 2.65 bits per heavy atom.